The molecule has 4 nitrogen and oxygen atoms in total. The summed E-state index contributed by atoms with van der Waals surface area (Å²) < 4.78 is 0. The Balaban J connectivity index is 2.04. The van der Waals surface area contributed by atoms with Gasteiger partial charge < -0.3 is 16.8 Å². The highest BCUT2D eigenvalue weighted by Crippen LogP contribution is 2.24. The predicted molar refractivity (Wildman–Crippen MR) is 88.0 cm³/mol. The SMILES string of the molecule is NC(=O)c1cccc(NCCc2ccc(Cl)cc2Cl)c1N. The van der Waals surface area contributed by atoms with Crippen molar-refractivity contribution in [3.8, 4) is 0 Å². The van der Waals surface area contributed by atoms with Crippen molar-refractivity contribution in [2.75, 3.05) is 17.6 Å². The van der Waals surface area contributed by atoms with Gasteiger partial charge in [-0.25, -0.2) is 0 Å². The number of para-hydroxylation sites is 1. The first-order valence-corrected chi connectivity index (χ1v) is 7.10. The molecule has 0 aliphatic rings. The van der Waals surface area contributed by atoms with Crippen LogP contribution < -0.4 is 16.8 Å². The van der Waals surface area contributed by atoms with Crippen molar-refractivity contribution in [2.24, 2.45) is 5.73 Å². The zero-order chi connectivity index (χ0) is 15.4. The molecule has 0 aromatic heterocycles. The number of carbonyl (C=O) groups is 1. The fourth-order valence-corrected chi connectivity index (χ4v) is 2.49. The van der Waals surface area contributed by atoms with Crippen molar-refractivity contribution in [1.82, 2.24) is 0 Å². The average Bonchev–Trinajstić information content (AvgIpc) is 2.42. The third kappa shape index (κ3) is 3.80. The van der Waals surface area contributed by atoms with E-state index in [1.807, 2.05) is 6.07 Å². The van der Waals surface area contributed by atoms with Gasteiger partial charge in [-0.05, 0) is 36.2 Å². The number of anilines is 2. The van der Waals surface area contributed by atoms with Crippen LogP contribution in [0.4, 0.5) is 11.4 Å². The Hall–Kier alpha value is -1.91. The highest BCUT2D eigenvalue weighted by atomic mass is 35.5. The average molecular weight is 324 g/mol. The van der Waals surface area contributed by atoms with E-state index >= 15 is 0 Å². The van der Waals surface area contributed by atoms with Gasteiger partial charge >= 0.3 is 0 Å². The third-order valence-corrected chi connectivity index (χ3v) is 3.68. The molecule has 0 aliphatic heterocycles. The van der Waals surface area contributed by atoms with Crippen LogP contribution >= 0.6 is 23.2 Å². The van der Waals surface area contributed by atoms with Crippen LogP contribution in [-0.4, -0.2) is 12.5 Å². The summed E-state index contributed by atoms with van der Waals surface area (Å²) in [4.78, 5) is 11.2. The zero-order valence-electron chi connectivity index (χ0n) is 11.2. The number of halogens is 2. The smallest absolute Gasteiger partial charge is 0.250 e. The monoisotopic (exact) mass is 323 g/mol. The Morgan fingerprint density at radius 1 is 1.19 bits per heavy atom. The third-order valence-electron chi connectivity index (χ3n) is 3.10. The van der Waals surface area contributed by atoms with E-state index in [4.69, 9.17) is 34.7 Å². The highest BCUT2D eigenvalue weighted by Gasteiger charge is 2.09. The summed E-state index contributed by atoms with van der Waals surface area (Å²) in [6, 6.07) is 10.5. The summed E-state index contributed by atoms with van der Waals surface area (Å²) in [6.45, 7) is 0.619. The van der Waals surface area contributed by atoms with Gasteiger partial charge in [0.1, 0.15) is 0 Å². The van der Waals surface area contributed by atoms with Crippen LogP contribution in [-0.2, 0) is 6.42 Å². The van der Waals surface area contributed by atoms with Crippen LogP contribution in [0.5, 0.6) is 0 Å². The molecule has 0 radical (unpaired) electrons. The molecule has 110 valence electrons. The largest absolute Gasteiger partial charge is 0.396 e. The van der Waals surface area contributed by atoms with Gasteiger partial charge in [0, 0.05) is 16.6 Å². The van der Waals surface area contributed by atoms with Crippen LogP contribution in [0.2, 0.25) is 10.0 Å². The lowest BCUT2D eigenvalue weighted by molar-refractivity contribution is 0.100. The minimum atomic E-state index is -0.545. The van der Waals surface area contributed by atoms with Gasteiger partial charge in [-0.3, -0.25) is 4.79 Å². The molecule has 0 spiro atoms. The van der Waals surface area contributed by atoms with E-state index in [1.165, 1.54) is 0 Å². The second kappa shape index (κ2) is 6.70. The predicted octanol–water partition coefficient (Wildman–Crippen LogP) is 3.33. The minimum absolute atomic E-state index is 0.310. The lowest BCUT2D eigenvalue weighted by Crippen LogP contribution is -2.15. The van der Waals surface area contributed by atoms with Crippen molar-refractivity contribution in [1.29, 1.82) is 0 Å². The number of primary amides is 1. The molecule has 1 amide bonds. The first-order valence-electron chi connectivity index (χ1n) is 6.35. The van der Waals surface area contributed by atoms with Crippen molar-refractivity contribution < 1.29 is 4.79 Å². The number of nitrogens with two attached hydrogens (primary N) is 2. The molecule has 5 N–H and O–H groups in total. The lowest BCUT2D eigenvalue weighted by atomic mass is 10.1. The van der Waals surface area contributed by atoms with Crippen LogP contribution in [0.3, 0.4) is 0 Å². The van der Waals surface area contributed by atoms with Crippen LogP contribution in [0.25, 0.3) is 0 Å². The first kappa shape index (κ1) is 15.5. The summed E-state index contributed by atoms with van der Waals surface area (Å²) in [5.41, 5.74) is 13.5. The van der Waals surface area contributed by atoms with E-state index in [1.54, 1.807) is 30.3 Å². The Kier molecular flexibility index (Phi) is 4.94. The Labute approximate surface area is 133 Å². The number of hydrogen-bond donors (Lipinski definition) is 3. The highest BCUT2D eigenvalue weighted by molar-refractivity contribution is 6.35. The number of benzene rings is 2. The summed E-state index contributed by atoms with van der Waals surface area (Å²) in [7, 11) is 0. The van der Waals surface area contributed by atoms with Crippen molar-refractivity contribution in [2.45, 2.75) is 6.42 Å². The van der Waals surface area contributed by atoms with Crippen molar-refractivity contribution in [3.05, 3.63) is 57.6 Å². The summed E-state index contributed by atoms with van der Waals surface area (Å²) in [5, 5.41) is 4.41. The van der Waals surface area contributed by atoms with E-state index in [-0.39, 0.29) is 0 Å². The maximum atomic E-state index is 11.2. The molecule has 21 heavy (non-hydrogen) atoms. The van der Waals surface area contributed by atoms with E-state index in [2.05, 4.69) is 5.32 Å². The fourth-order valence-electron chi connectivity index (χ4n) is 1.99. The second-order valence-corrected chi connectivity index (χ2v) is 5.39. The molecule has 2 rings (SSSR count). The molecule has 2 aromatic rings. The first-order chi connectivity index (χ1) is 9.99. The van der Waals surface area contributed by atoms with Crippen LogP contribution in [0.15, 0.2) is 36.4 Å². The van der Waals surface area contributed by atoms with Crippen molar-refractivity contribution >= 4 is 40.5 Å². The number of rotatable bonds is 5. The Morgan fingerprint density at radius 2 is 1.95 bits per heavy atom. The molecule has 0 saturated carbocycles. The molecule has 0 unspecified atom stereocenters. The number of carbonyl (C=O) groups excluding carboxylic acids is 1. The van der Waals surface area contributed by atoms with Crippen molar-refractivity contribution in [3.63, 3.8) is 0 Å². The van der Waals surface area contributed by atoms with Gasteiger partial charge in [-0.2, -0.15) is 0 Å². The zero-order valence-corrected chi connectivity index (χ0v) is 12.7. The number of nitrogen functional groups attached to an aromatic ring is 1. The maximum absolute atomic E-state index is 11.2. The van der Waals surface area contributed by atoms with Gasteiger partial charge in [0.2, 0.25) is 0 Å². The van der Waals surface area contributed by atoms with Crippen LogP contribution in [0.1, 0.15) is 15.9 Å². The molecule has 0 bridgehead atoms. The van der Waals surface area contributed by atoms with E-state index < -0.39 is 5.91 Å². The Morgan fingerprint density at radius 3 is 2.62 bits per heavy atom. The summed E-state index contributed by atoms with van der Waals surface area (Å²) in [5.74, 6) is -0.545. The lowest BCUT2D eigenvalue weighted by Gasteiger charge is -2.12. The normalized spacial score (nSPS) is 10.4. The van der Waals surface area contributed by atoms with Gasteiger partial charge in [0.15, 0.2) is 0 Å². The molecular formula is C15H15Cl2N3O. The summed E-state index contributed by atoms with van der Waals surface area (Å²) in [6.07, 6.45) is 0.705. The number of nitrogens with one attached hydrogen (secondary N) is 1. The summed E-state index contributed by atoms with van der Waals surface area (Å²) >= 11 is 12.0. The molecule has 0 atom stereocenters. The minimum Gasteiger partial charge on any atom is -0.396 e. The quantitative estimate of drug-likeness (QED) is 0.738. The van der Waals surface area contributed by atoms with Gasteiger partial charge in [-0.1, -0.05) is 35.3 Å². The topological polar surface area (TPSA) is 81.1 Å². The standard InChI is InChI=1S/C15H15Cl2N3O/c16-10-5-4-9(12(17)8-10)6-7-20-13-3-1-2-11(14(13)18)15(19)21/h1-5,8,20H,6-7,18H2,(H2,19,21). The van der Waals surface area contributed by atoms with Gasteiger partial charge in [0.05, 0.1) is 16.9 Å². The van der Waals surface area contributed by atoms with Crippen LogP contribution in [0, 0.1) is 0 Å². The number of amides is 1. The molecule has 0 aliphatic carbocycles. The van der Waals surface area contributed by atoms with E-state index in [0.717, 1.165) is 5.56 Å². The second-order valence-electron chi connectivity index (χ2n) is 4.54. The molecular weight excluding hydrogens is 309 g/mol. The van der Waals surface area contributed by atoms with Gasteiger partial charge in [-0.15, -0.1) is 0 Å². The molecule has 2 aromatic carbocycles. The van der Waals surface area contributed by atoms with Gasteiger partial charge in [0.25, 0.3) is 5.91 Å². The molecule has 0 heterocycles. The Bertz CT molecular complexity index is 674. The fraction of sp³-hybridized carbons (Fsp3) is 0.133. The molecule has 0 fully saturated rings. The molecule has 0 saturated heterocycles. The van der Waals surface area contributed by atoms with E-state index in [9.17, 15) is 4.79 Å². The van der Waals surface area contributed by atoms with E-state index in [0.29, 0.717) is 39.9 Å². The number of hydrogen-bond acceptors (Lipinski definition) is 3. The molecule has 6 heteroatoms. The maximum Gasteiger partial charge on any atom is 0.250 e.